The number of primary amides is 1. The molecule has 5 nitrogen and oxygen atoms in total. The van der Waals surface area contributed by atoms with Gasteiger partial charge in [-0.1, -0.05) is 18.0 Å². The minimum absolute atomic E-state index is 0.207. The number of halogens is 1. The largest absolute Gasteiger partial charge is 0.368 e. The molecule has 18 heavy (non-hydrogen) atoms. The smallest absolute Gasteiger partial charge is 0.234 e. The molecule has 6 heteroatoms. The van der Waals surface area contributed by atoms with Crippen molar-refractivity contribution in [1.82, 2.24) is 14.9 Å². The number of hydrogen-bond donors (Lipinski definition) is 1. The second-order valence-corrected chi connectivity index (χ2v) is 5.02. The van der Waals surface area contributed by atoms with Crippen molar-refractivity contribution in [2.24, 2.45) is 5.73 Å². The molecule has 0 radical (unpaired) electrons. The van der Waals surface area contributed by atoms with Gasteiger partial charge in [0.05, 0.1) is 12.6 Å². The molecule has 1 unspecified atom stereocenters. The summed E-state index contributed by atoms with van der Waals surface area (Å²) in [5.41, 5.74) is 6.25. The van der Waals surface area contributed by atoms with E-state index >= 15 is 0 Å². The number of carbonyl (C=O) groups excluding carboxylic acids is 1. The van der Waals surface area contributed by atoms with Gasteiger partial charge in [0.25, 0.3) is 0 Å². The van der Waals surface area contributed by atoms with E-state index in [1.165, 1.54) is 0 Å². The Morgan fingerprint density at radius 2 is 2.33 bits per heavy atom. The number of amides is 1. The summed E-state index contributed by atoms with van der Waals surface area (Å²) in [5, 5.41) is 0.435. The lowest BCUT2D eigenvalue weighted by atomic mass is 10.0. The molecule has 1 aliphatic rings. The monoisotopic (exact) mass is 268 g/mol. The molecule has 2 N–H and O–H groups in total. The minimum atomic E-state index is -0.270. The summed E-state index contributed by atoms with van der Waals surface area (Å²) < 4.78 is 0. The molecule has 0 saturated carbocycles. The van der Waals surface area contributed by atoms with Gasteiger partial charge in [-0.05, 0) is 32.4 Å². The lowest BCUT2D eigenvalue weighted by Crippen LogP contribution is -2.47. The summed E-state index contributed by atoms with van der Waals surface area (Å²) in [6.45, 7) is 3.25. The number of rotatable bonds is 3. The highest BCUT2D eigenvalue weighted by Crippen LogP contribution is 2.19. The van der Waals surface area contributed by atoms with Crippen LogP contribution in [0.15, 0.2) is 6.07 Å². The molecule has 1 fully saturated rings. The van der Waals surface area contributed by atoms with Crippen LogP contribution in [0.3, 0.4) is 0 Å². The van der Waals surface area contributed by atoms with E-state index in [9.17, 15) is 4.79 Å². The number of likely N-dealkylation sites (tertiary alicyclic amines) is 1. The van der Waals surface area contributed by atoms with Crippen LogP contribution in [-0.2, 0) is 11.3 Å². The van der Waals surface area contributed by atoms with Crippen molar-refractivity contribution in [3.63, 3.8) is 0 Å². The number of aromatic nitrogens is 2. The molecule has 0 bridgehead atoms. The van der Waals surface area contributed by atoms with E-state index < -0.39 is 0 Å². The summed E-state index contributed by atoms with van der Waals surface area (Å²) >= 11 is 5.91. The summed E-state index contributed by atoms with van der Waals surface area (Å²) in [5.74, 6) is 0.376. The SMILES string of the molecule is Cc1cc(Cl)nc(CN2CCCCC2C(N)=O)n1. The fourth-order valence-electron chi connectivity index (χ4n) is 2.34. The van der Waals surface area contributed by atoms with Gasteiger partial charge >= 0.3 is 0 Å². The standard InChI is InChI=1S/C12H17ClN4O/c1-8-6-10(13)16-11(15-8)7-17-5-3-2-4-9(17)12(14)18/h6,9H,2-5,7H2,1H3,(H2,14,18). The summed E-state index contributed by atoms with van der Waals surface area (Å²) in [6.07, 6.45) is 2.93. The molecule has 1 aromatic heterocycles. The zero-order valence-electron chi connectivity index (χ0n) is 10.4. The molecule has 0 spiro atoms. The third kappa shape index (κ3) is 3.17. The molecule has 0 aromatic carbocycles. The van der Waals surface area contributed by atoms with Crippen molar-refractivity contribution in [2.75, 3.05) is 6.54 Å². The minimum Gasteiger partial charge on any atom is -0.368 e. The first-order chi connectivity index (χ1) is 8.56. The highest BCUT2D eigenvalue weighted by Gasteiger charge is 2.27. The Labute approximate surface area is 111 Å². The van der Waals surface area contributed by atoms with Crippen molar-refractivity contribution in [3.05, 3.63) is 22.7 Å². The maximum absolute atomic E-state index is 11.4. The average Bonchev–Trinajstić information content (AvgIpc) is 2.27. The van der Waals surface area contributed by atoms with Gasteiger partial charge in [-0.25, -0.2) is 9.97 Å². The van der Waals surface area contributed by atoms with Crippen LogP contribution in [0.2, 0.25) is 5.15 Å². The van der Waals surface area contributed by atoms with Crippen molar-refractivity contribution < 1.29 is 4.79 Å². The van der Waals surface area contributed by atoms with Crippen molar-refractivity contribution in [3.8, 4) is 0 Å². The van der Waals surface area contributed by atoms with Gasteiger partial charge < -0.3 is 5.73 Å². The van der Waals surface area contributed by atoms with E-state index in [2.05, 4.69) is 9.97 Å². The average molecular weight is 269 g/mol. The number of nitrogens with two attached hydrogens (primary N) is 1. The highest BCUT2D eigenvalue weighted by atomic mass is 35.5. The summed E-state index contributed by atoms with van der Waals surface area (Å²) in [4.78, 5) is 22.0. The third-order valence-corrected chi connectivity index (χ3v) is 3.35. The maximum atomic E-state index is 11.4. The number of aryl methyl sites for hydroxylation is 1. The number of carbonyl (C=O) groups is 1. The highest BCUT2D eigenvalue weighted by molar-refractivity contribution is 6.29. The molecule has 0 aliphatic carbocycles. The third-order valence-electron chi connectivity index (χ3n) is 3.16. The number of nitrogens with zero attached hydrogens (tertiary/aromatic N) is 3. The first-order valence-corrected chi connectivity index (χ1v) is 6.47. The van der Waals surface area contributed by atoms with E-state index in [0.717, 1.165) is 31.5 Å². The summed E-state index contributed by atoms with van der Waals surface area (Å²) in [7, 11) is 0. The quantitative estimate of drug-likeness (QED) is 0.838. The molecule has 2 rings (SSSR count). The fourth-order valence-corrected chi connectivity index (χ4v) is 2.60. The van der Waals surface area contributed by atoms with E-state index in [0.29, 0.717) is 17.5 Å². The Bertz CT molecular complexity index is 431. The van der Waals surface area contributed by atoms with E-state index in [1.54, 1.807) is 6.07 Å². The predicted octanol–water partition coefficient (Wildman–Crippen LogP) is 1.28. The second-order valence-electron chi connectivity index (χ2n) is 4.63. The first-order valence-electron chi connectivity index (χ1n) is 6.09. The van der Waals surface area contributed by atoms with E-state index in [4.69, 9.17) is 17.3 Å². The van der Waals surface area contributed by atoms with Gasteiger partial charge in [-0.3, -0.25) is 9.69 Å². The first kappa shape index (κ1) is 13.2. The van der Waals surface area contributed by atoms with Gasteiger partial charge in [0.2, 0.25) is 5.91 Å². The van der Waals surface area contributed by atoms with Crippen LogP contribution in [0.25, 0.3) is 0 Å². The maximum Gasteiger partial charge on any atom is 0.234 e. The van der Waals surface area contributed by atoms with Gasteiger partial charge in [-0.15, -0.1) is 0 Å². The van der Waals surface area contributed by atoms with Crippen molar-refractivity contribution >= 4 is 17.5 Å². The molecule has 1 saturated heterocycles. The normalized spacial score (nSPS) is 20.9. The van der Waals surface area contributed by atoms with Crippen LogP contribution < -0.4 is 5.73 Å². The van der Waals surface area contributed by atoms with Crippen LogP contribution >= 0.6 is 11.6 Å². The Hall–Kier alpha value is -1.20. The molecular weight excluding hydrogens is 252 g/mol. The molecule has 1 amide bonds. The van der Waals surface area contributed by atoms with Crippen LogP contribution in [0.4, 0.5) is 0 Å². The van der Waals surface area contributed by atoms with Gasteiger partial charge in [0, 0.05) is 5.69 Å². The zero-order chi connectivity index (χ0) is 13.1. The van der Waals surface area contributed by atoms with E-state index in [-0.39, 0.29) is 11.9 Å². The van der Waals surface area contributed by atoms with Crippen molar-refractivity contribution in [2.45, 2.75) is 38.8 Å². The topological polar surface area (TPSA) is 72.1 Å². The second kappa shape index (κ2) is 5.63. The van der Waals surface area contributed by atoms with Gasteiger partial charge in [0.15, 0.2) is 0 Å². The van der Waals surface area contributed by atoms with Crippen LogP contribution in [0.5, 0.6) is 0 Å². The lowest BCUT2D eigenvalue weighted by molar-refractivity contribution is -0.124. The van der Waals surface area contributed by atoms with Crippen LogP contribution in [-0.4, -0.2) is 33.4 Å². The molecular formula is C12H17ClN4O. The Kier molecular flexibility index (Phi) is 4.14. The lowest BCUT2D eigenvalue weighted by Gasteiger charge is -2.32. The molecule has 98 valence electrons. The Morgan fingerprint density at radius 3 is 3.00 bits per heavy atom. The Morgan fingerprint density at radius 1 is 1.56 bits per heavy atom. The van der Waals surface area contributed by atoms with Crippen molar-refractivity contribution in [1.29, 1.82) is 0 Å². The molecule has 1 aliphatic heterocycles. The number of piperidine rings is 1. The van der Waals surface area contributed by atoms with E-state index in [1.807, 2.05) is 11.8 Å². The zero-order valence-corrected chi connectivity index (χ0v) is 11.2. The molecule has 1 aromatic rings. The molecule has 2 heterocycles. The fraction of sp³-hybridized carbons (Fsp3) is 0.583. The Balaban J connectivity index is 2.13. The van der Waals surface area contributed by atoms with Gasteiger partial charge in [-0.2, -0.15) is 0 Å². The van der Waals surface area contributed by atoms with Crippen LogP contribution in [0, 0.1) is 6.92 Å². The summed E-state index contributed by atoms with van der Waals surface area (Å²) in [6, 6.07) is 1.51. The molecule has 1 atom stereocenters. The number of hydrogen-bond acceptors (Lipinski definition) is 4. The predicted molar refractivity (Wildman–Crippen MR) is 69.0 cm³/mol. The van der Waals surface area contributed by atoms with Gasteiger partial charge in [0.1, 0.15) is 11.0 Å². The van der Waals surface area contributed by atoms with Crippen LogP contribution in [0.1, 0.15) is 30.8 Å².